The van der Waals surface area contributed by atoms with Gasteiger partial charge in [0, 0.05) is 32.2 Å². The molecule has 0 radical (unpaired) electrons. The van der Waals surface area contributed by atoms with Crippen molar-refractivity contribution in [2.45, 2.75) is 25.3 Å². The molecule has 5 heteroatoms. The molecule has 2 aliphatic heterocycles. The molecule has 2 aliphatic rings. The summed E-state index contributed by atoms with van der Waals surface area (Å²) in [6.07, 6.45) is 3.46. The maximum atomic E-state index is 11.4. The van der Waals surface area contributed by atoms with Crippen molar-refractivity contribution in [2.24, 2.45) is 0 Å². The van der Waals surface area contributed by atoms with E-state index in [4.69, 9.17) is 4.74 Å². The number of thiol groups is 1. The van der Waals surface area contributed by atoms with Crippen molar-refractivity contribution in [3.05, 3.63) is 0 Å². The van der Waals surface area contributed by atoms with Gasteiger partial charge >= 0.3 is 0 Å². The van der Waals surface area contributed by atoms with Crippen molar-refractivity contribution in [3.63, 3.8) is 0 Å². The van der Waals surface area contributed by atoms with E-state index in [2.05, 4.69) is 17.5 Å². The van der Waals surface area contributed by atoms with E-state index in [0.29, 0.717) is 6.04 Å². The molecule has 0 spiro atoms. The van der Waals surface area contributed by atoms with Gasteiger partial charge in [0.05, 0.1) is 13.2 Å². The highest BCUT2D eigenvalue weighted by Gasteiger charge is 2.27. The number of morpholine rings is 1. The van der Waals surface area contributed by atoms with Crippen LogP contribution in [0, 0.1) is 0 Å². The van der Waals surface area contributed by atoms with Gasteiger partial charge in [-0.15, -0.1) is 0 Å². The Hall–Kier alpha value is -0.260. The summed E-state index contributed by atoms with van der Waals surface area (Å²) in [5, 5.41) is -0.0713. The fourth-order valence-corrected chi connectivity index (χ4v) is 2.79. The number of hydrogen-bond acceptors (Lipinski definition) is 3. The molecular weight excluding hydrogens is 224 g/mol. The van der Waals surface area contributed by atoms with E-state index < -0.39 is 0 Å². The molecule has 0 N–H and O–H groups in total. The van der Waals surface area contributed by atoms with Gasteiger partial charge in [-0.3, -0.25) is 9.69 Å². The van der Waals surface area contributed by atoms with E-state index >= 15 is 0 Å². The van der Waals surface area contributed by atoms with E-state index in [1.807, 2.05) is 4.90 Å². The number of hydrogen-bond donors (Lipinski definition) is 1. The van der Waals surface area contributed by atoms with Crippen molar-refractivity contribution in [3.8, 4) is 0 Å². The molecule has 2 rings (SSSR count). The Bertz CT molecular complexity index is 244. The lowest BCUT2D eigenvalue weighted by Gasteiger charge is -2.38. The number of likely N-dealkylation sites (tertiary alicyclic amines) is 1. The first kappa shape index (κ1) is 12.2. The van der Waals surface area contributed by atoms with Crippen LogP contribution in [0.25, 0.3) is 0 Å². The predicted molar refractivity (Wildman–Crippen MR) is 66.0 cm³/mol. The maximum Gasteiger partial charge on any atom is 0.278 e. The number of nitrogens with zero attached hydrogens (tertiary/aromatic N) is 2. The molecule has 0 aromatic carbocycles. The molecule has 1 atom stereocenters. The molecule has 2 fully saturated rings. The lowest BCUT2D eigenvalue weighted by molar-refractivity contribution is 0.0235. The van der Waals surface area contributed by atoms with Crippen LogP contribution in [0.4, 0.5) is 4.79 Å². The van der Waals surface area contributed by atoms with Crippen LogP contribution in [0.2, 0.25) is 0 Å². The molecule has 0 aliphatic carbocycles. The Kier molecular flexibility index (Phi) is 4.49. The molecule has 4 nitrogen and oxygen atoms in total. The second-order valence-corrected chi connectivity index (χ2v) is 4.92. The molecule has 0 saturated carbocycles. The minimum atomic E-state index is -0.0713. The zero-order valence-electron chi connectivity index (χ0n) is 9.60. The Balaban J connectivity index is 1.87. The summed E-state index contributed by atoms with van der Waals surface area (Å²) in [5.41, 5.74) is 0. The highest BCUT2D eigenvalue weighted by atomic mass is 32.1. The second-order valence-electron chi connectivity index (χ2n) is 4.54. The Morgan fingerprint density at radius 2 is 2.00 bits per heavy atom. The van der Waals surface area contributed by atoms with Gasteiger partial charge in [-0.25, -0.2) is 0 Å². The largest absolute Gasteiger partial charge is 0.379 e. The van der Waals surface area contributed by atoms with Gasteiger partial charge in [-0.05, 0) is 19.3 Å². The molecule has 2 saturated heterocycles. The molecule has 1 amide bonds. The monoisotopic (exact) mass is 244 g/mol. The van der Waals surface area contributed by atoms with Gasteiger partial charge < -0.3 is 9.64 Å². The third-order valence-corrected chi connectivity index (χ3v) is 3.70. The molecule has 0 aromatic rings. The number of carbonyl (C=O) groups excluding carboxylic acids is 1. The maximum absolute atomic E-state index is 11.4. The molecular formula is C11H20N2O2S. The summed E-state index contributed by atoms with van der Waals surface area (Å²) in [4.78, 5) is 15.7. The highest BCUT2D eigenvalue weighted by Crippen LogP contribution is 2.19. The van der Waals surface area contributed by atoms with Gasteiger partial charge in [0.25, 0.3) is 5.24 Å². The molecule has 16 heavy (non-hydrogen) atoms. The van der Waals surface area contributed by atoms with Gasteiger partial charge in [-0.2, -0.15) is 0 Å². The first-order chi connectivity index (χ1) is 7.77. The topological polar surface area (TPSA) is 32.8 Å². The van der Waals surface area contributed by atoms with E-state index in [9.17, 15) is 4.79 Å². The molecule has 1 unspecified atom stereocenters. The Morgan fingerprint density at radius 1 is 1.25 bits per heavy atom. The van der Waals surface area contributed by atoms with Crippen LogP contribution in [0.15, 0.2) is 0 Å². The van der Waals surface area contributed by atoms with Crippen LogP contribution >= 0.6 is 12.6 Å². The third-order valence-electron chi connectivity index (χ3n) is 3.45. The van der Waals surface area contributed by atoms with Gasteiger partial charge in [0.1, 0.15) is 0 Å². The zero-order chi connectivity index (χ0) is 11.4. The average Bonchev–Trinajstić information content (AvgIpc) is 2.31. The van der Waals surface area contributed by atoms with E-state index in [1.54, 1.807) is 0 Å². The second kappa shape index (κ2) is 5.89. The van der Waals surface area contributed by atoms with E-state index in [1.165, 1.54) is 6.42 Å². The summed E-state index contributed by atoms with van der Waals surface area (Å²) in [6.45, 7) is 5.48. The highest BCUT2D eigenvalue weighted by molar-refractivity contribution is 7.96. The molecule has 2 heterocycles. The summed E-state index contributed by atoms with van der Waals surface area (Å²) in [6, 6.07) is 0.358. The quantitative estimate of drug-likeness (QED) is 0.742. The average molecular weight is 244 g/mol. The predicted octanol–water partition coefficient (Wildman–Crippen LogP) is 1.22. The summed E-state index contributed by atoms with van der Waals surface area (Å²) < 4.78 is 5.33. The first-order valence-electron chi connectivity index (χ1n) is 6.07. The lowest BCUT2D eigenvalue weighted by Crippen LogP contribution is -2.50. The van der Waals surface area contributed by atoms with Crippen molar-refractivity contribution in [1.29, 1.82) is 0 Å². The SMILES string of the molecule is O=C(S)N1CCCCC1CN1CCOCC1. The van der Waals surface area contributed by atoms with Gasteiger partial charge in [0.2, 0.25) is 0 Å². The Morgan fingerprint density at radius 3 is 2.69 bits per heavy atom. The smallest absolute Gasteiger partial charge is 0.278 e. The van der Waals surface area contributed by atoms with Crippen molar-refractivity contribution >= 4 is 17.9 Å². The van der Waals surface area contributed by atoms with Crippen molar-refractivity contribution in [1.82, 2.24) is 9.80 Å². The standard InChI is InChI=1S/C11H20N2O2S/c14-11(16)13-4-2-1-3-10(13)9-12-5-7-15-8-6-12/h10H,1-9H2,(H,14,16). The van der Waals surface area contributed by atoms with Crippen LogP contribution in [0.1, 0.15) is 19.3 Å². The number of rotatable bonds is 2. The van der Waals surface area contributed by atoms with Crippen LogP contribution < -0.4 is 0 Å². The van der Waals surface area contributed by atoms with Crippen LogP contribution in [0.5, 0.6) is 0 Å². The van der Waals surface area contributed by atoms with Crippen molar-refractivity contribution in [2.75, 3.05) is 39.4 Å². The van der Waals surface area contributed by atoms with Crippen LogP contribution in [-0.4, -0.2) is 60.5 Å². The first-order valence-corrected chi connectivity index (χ1v) is 6.52. The third kappa shape index (κ3) is 3.12. The molecule has 92 valence electrons. The normalized spacial score (nSPS) is 28.1. The zero-order valence-corrected chi connectivity index (χ0v) is 10.5. The fourth-order valence-electron chi connectivity index (χ4n) is 2.52. The van der Waals surface area contributed by atoms with Gasteiger partial charge in [-0.1, -0.05) is 12.6 Å². The van der Waals surface area contributed by atoms with Crippen LogP contribution in [0.3, 0.4) is 0 Å². The number of amides is 1. The number of ether oxygens (including phenoxy) is 1. The molecule has 0 bridgehead atoms. The minimum absolute atomic E-state index is 0.0713. The lowest BCUT2D eigenvalue weighted by atomic mass is 10.0. The van der Waals surface area contributed by atoms with Crippen LogP contribution in [-0.2, 0) is 4.74 Å². The number of piperidine rings is 1. The van der Waals surface area contributed by atoms with E-state index in [0.717, 1.165) is 52.2 Å². The molecule has 0 aromatic heterocycles. The van der Waals surface area contributed by atoms with Crippen molar-refractivity contribution < 1.29 is 9.53 Å². The fraction of sp³-hybridized carbons (Fsp3) is 0.909. The minimum Gasteiger partial charge on any atom is -0.379 e. The van der Waals surface area contributed by atoms with E-state index in [-0.39, 0.29) is 5.24 Å². The van der Waals surface area contributed by atoms with Gasteiger partial charge in [0.15, 0.2) is 0 Å². The summed E-state index contributed by atoms with van der Waals surface area (Å²) in [7, 11) is 0. The Labute approximate surface area is 102 Å². The summed E-state index contributed by atoms with van der Waals surface area (Å²) >= 11 is 3.96. The number of carbonyl (C=O) groups is 1. The summed E-state index contributed by atoms with van der Waals surface area (Å²) in [5.74, 6) is 0.